The molecule has 0 amide bonds. The van der Waals surface area contributed by atoms with E-state index in [1.165, 1.54) is 0 Å². The van der Waals surface area contributed by atoms with Crippen LogP contribution in [0.3, 0.4) is 0 Å². The van der Waals surface area contributed by atoms with Gasteiger partial charge in [0, 0.05) is 23.9 Å². The summed E-state index contributed by atoms with van der Waals surface area (Å²) < 4.78 is 10.5. The largest absolute Gasteiger partial charge is 0.508 e. The van der Waals surface area contributed by atoms with Crippen molar-refractivity contribution in [2.45, 2.75) is 13.5 Å². The van der Waals surface area contributed by atoms with Gasteiger partial charge in [-0.3, -0.25) is 0 Å². The van der Waals surface area contributed by atoms with Gasteiger partial charge in [-0.1, -0.05) is 0 Å². The van der Waals surface area contributed by atoms with Crippen LogP contribution in [-0.4, -0.2) is 19.3 Å². The maximum Gasteiger partial charge on any atom is 0.127 e. The maximum absolute atomic E-state index is 9.40. The fraction of sp³-hybridized carbons (Fsp3) is 0.250. The van der Waals surface area contributed by atoms with Crippen LogP contribution < -0.4 is 14.8 Å². The Balaban J connectivity index is 2.14. The van der Waals surface area contributed by atoms with Gasteiger partial charge in [-0.2, -0.15) is 0 Å². The van der Waals surface area contributed by atoms with Crippen molar-refractivity contribution in [2.75, 3.05) is 19.5 Å². The van der Waals surface area contributed by atoms with E-state index in [9.17, 15) is 5.11 Å². The average Bonchev–Trinajstić information content (AvgIpc) is 2.46. The van der Waals surface area contributed by atoms with Gasteiger partial charge < -0.3 is 19.9 Å². The van der Waals surface area contributed by atoms with Crippen LogP contribution in [-0.2, 0) is 6.54 Å². The Hall–Kier alpha value is -2.36. The molecule has 4 nitrogen and oxygen atoms in total. The summed E-state index contributed by atoms with van der Waals surface area (Å²) in [6, 6.07) is 11.0. The zero-order valence-corrected chi connectivity index (χ0v) is 11.9. The van der Waals surface area contributed by atoms with Gasteiger partial charge in [0.2, 0.25) is 0 Å². The van der Waals surface area contributed by atoms with Crippen LogP contribution in [0.15, 0.2) is 36.4 Å². The minimum Gasteiger partial charge on any atom is -0.508 e. The third kappa shape index (κ3) is 3.15. The number of rotatable bonds is 5. The van der Waals surface area contributed by atoms with E-state index in [0.717, 1.165) is 28.3 Å². The van der Waals surface area contributed by atoms with Crippen LogP contribution in [0, 0.1) is 6.92 Å². The number of hydrogen-bond acceptors (Lipinski definition) is 4. The van der Waals surface area contributed by atoms with Crippen LogP contribution in [0.5, 0.6) is 17.2 Å². The van der Waals surface area contributed by atoms with Crippen LogP contribution in [0.25, 0.3) is 0 Å². The number of ether oxygens (including phenoxy) is 2. The Morgan fingerprint density at radius 3 is 2.50 bits per heavy atom. The van der Waals surface area contributed by atoms with E-state index >= 15 is 0 Å². The molecule has 0 bridgehead atoms. The fourth-order valence-electron chi connectivity index (χ4n) is 2.03. The molecule has 2 aromatic rings. The van der Waals surface area contributed by atoms with Crippen molar-refractivity contribution >= 4 is 5.69 Å². The number of methoxy groups -OCH3 is 2. The molecule has 0 radical (unpaired) electrons. The first kappa shape index (κ1) is 14.1. The minimum atomic E-state index is 0.273. The molecule has 2 rings (SSSR count). The van der Waals surface area contributed by atoms with Gasteiger partial charge in [-0.05, 0) is 42.8 Å². The number of nitrogens with one attached hydrogen (secondary N) is 1. The SMILES string of the molecule is COc1ccc(CNc2ccc(O)cc2C)c(OC)c1. The normalized spacial score (nSPS) is 10.2. The lowest BCUT2D eigenvalue weighted by Gasteiger charge is -2.13. The van der Waals surface area contributed by atoms with Crippen molar-refractivity contribution in [2.24, 2.45) is 0 Å². The zero-order chi connectivity index (χ0) is 14.5. The summed E-state index contributed by atoms with van der Waals surface area (Å²) >= 11 is 0. The summed E-state index contributed by atoms with van der Waals surface area (Å²) in [5.41, 5.74) is 3.03. The topological polar surface area (TPSA) is 50.7 Å². The second-order valence-corrected chi connectivity index (χ2v) is 4.53. The second kappa shape index (κ2) is 6.19. The Bertz CT molecular complexity index is 596. The highest BCUT2D eigenvalue weighted by molar-refractivity contribution is 5.54. The molecule has 0 unspecified atom stereocenters. The van der Waals surface area contributed by atoms with Crippen molar-refractivity contribution in [3.8, 4) is 17.2 Å². The van der Waals surface area contributed by atoms with Crippen LogP contribution >= 0.6 is 0 Å². The predicted molar refractivity (Wildman–Crippen MR) is 79.7 cm³/mol. The highest BCUT2D eigenvalue weighted by atomic mass is 16.5. The first-order valence-electron chi connectivity index (χ1n) is 6.38. The first-order chi connectivity index (χ1) is 9.63. The van der Waals surface area contributed by atoms with E-state index in [0.29, 0.717) is 6.54 Å². The highest BCUT2D eigenvalue weighted by Gasteiger charge is 2.06. The molecule has 0 saturated carbocycles. The Labute approximate surface area is 119 Å². The molecule has 0 aromatic heterocycles. The Morgan fingerprint density at radius 1 is 1.05 bits per heavy atom. The molecule has 0 aliphatic heterocycles. The summed E-state index contributed by atoms with van der Waals surface area (Å²) in [5, 5.41) is 12.7. The first-order valence-corrected chi connectivity index (χ1v) is 6.38. The molecule has 0 atom stereocenters. The van der Waals surface area contributed by atoms with Crippen molar-refractivity contribution in [1.29, 1.82) is 0 Å². The number of phenolic OH excluding ortho intramolecular Hbond substituents is 1. The lowest BCUT2D eigenvalue weighted by Crippen LogP contribution is -2.03. The molecular formula is C16H19NO3. The molecule has 0 spiro atoms. The third-order valence-electron chi connectivity index (χ3n) is 3.17. The second-order valence-electron chi connectivity index (χ2n) is 4.53. The number of benzene rings is 2. The number of aromatic hydroxyl groups is 1. The highest BCUT2D eigenvalue weighted by Crippen LogP contribution is 2.26. The molecule has 0 heterocycles. The molecule has 0 fully saturated rings. The van der Waals surface area contributed by atoms with E-state index in [1.54, 1.807) is 26.4 Å². The average molecular weight is 273 g/mol. The summed E-state index contributed by atoms with van der Waals surface area (Å²) in [6.45, 7) is 2.59. The Morgan fingerprint density at radius 2 is 1.85 bits per heavy atom. The molecule has 2 aromatic carbocycles. The smallest absolute Gasteiger partial charge is 0.127 e. The van der Waals surface area contributed by atoms with Gasteiger partial charge >= 0.3 is 0 Å². The van der Waals surface area contributed by atoms with E-state index in [1.807, 2.05) is 31.2 Å². The molecular weight excluding hydrogens is 254 g/mol. The molecule has 0 saturated heterocycles. The molecule has 0 aliphatic carbocycles. The number of aryl methyl sites for hydroxylation is 1. The molecule has 4 heteroatoms. The number of hydrogen-bond donors (Lipinski definition) is 2. The standard InChI is InChI=1S/C16H19NO3/c1-11-8-13(18)5-7-15(11)17-10-12-4-6-14(19-2)9-16(12)20-3/h4-9,17-18H,10H2,1-3H3. The lowest BCUT2D eigenvalue weighted by atomic mass is 10.1. The summed E-state index contributed by atoms with van der Waals surface area (Å²) in [5.74, 6) is 1.83. The quantitative estimate of drug-likeness (QED) is 0.820. The van der Waals surface area contributed by atoms with E-state index < -0.39 is 0 Å². The lowest BCUT2D eigenvalue weighted by molar-refractivity contribution is 0.391. The van der Waals surface area contributed by atoms with Crippen LogP contribution in [0.1, 0.15) is 11.1 Å². The van der Waals surface area contributed by atoms with Crippen LogP contribution in [0.2, 0.25) is 0 Å². The summed E-state index contributed by atoms with van der Waals surface area (Å²) in [6.07, 6.45) is 0. The van der Waals surface area contributed by atoms with Gasteiger partial charge in [0.15, 0.2) is 0 Å². The fourth-order valence-corrected chi connectivity index (χ4v) is 2.03. The van der Waals surface area contributed by atoms with Gasteiger partial charge in [-0.15, -0.1) is 0 Å². The van der Waals surface area contributed by atoms with Crippen molar-refractivity contribution < 1.29 is 14.6 Å². The van der Waals surface area contributed by atoms with Gasteiger partial charge in [0.25, 0.3) is 0 Å². The van der Waals surface area contributed by atoms with Crippen molar-refractivity contribution in [3.05, 3.63) is 47.5 Å². The molecule has 0 aliphatic rings. The van der Waals surface area contributed by atoms with Gasteiger partial charge in [0.1, 0.15) is 17.2 Å². The summed E-state index contributed by atoms with van der Waals surface area (Å²) in [7, 11) is 3.27. The summed E-state index contributed by atoms with van der Waals surface area (Å²) in [4.78, 5) is 0. The van der Waals surface area contributed by atoms with Crippen molar-refractivity contribution in [1.82, 2.24) is 0 Å². The molecule has 20 heavy (non-hydrogen) atoms. The van der Waals surface area contributed by atoms with Crippen molar-refractivity contribution in [3.63, 3.8) is 0 Å². The predicted octanol–water partition coefficient (Wildman–Crippen LogP) is 3.33. The van der Waals surface area contributed by atoms with Gasteiger partial charge in [0.05, 0.1) is 14.2 Å². The Kier molecular flexibility index (Phi) is 4.35. The minimum absolute atomic E-state index is 0.273. The third-order valence-corrected chi connectivity index (χ3v) is 3.17. The van der Waals surface area contributed by atoms with E-state index in [2.05, 4.69) is 5.32 Å². The van der Waals surface area contributed by atoms with E-state index in [-0.39, 0.29) is 5.75 Å². The molecule has 2 N–H and O–H groups in total. The van der Waals surface area contributed by atoms with Crippen LogP contribution in [0.4, 0.5) is 5.69 Å². The number of phenols is 1. The monoisotopic (exact) mass is 273 g/mol. The zero-order valence-electron chi connectivity index (χ0n) is 11.9. The maximum atomic E-state index is 9.40. The number of anilines is 1. The van der Waals surface area contributed by atoms with Gasteiger partial charge in [-0.25, -0.2) is 0 Å². The van der Waals surface area contributed by atoms with E-state index in [4.69, 9.17) is 9.47 Å². The molecule has 106 valence electrons.